The maximum atomic E-state index is 4.49. The van der Waals surface area contributed by atoms with Crippen molar-refractivity contribution in [1.82, 2.24) is 0 Å². The molecule has 225 valence electrons. The molecule has 1 aliphatic heterocycles. The second kappa shape index (κ2) is 15.6. The van der Waals surface area contributed by atoms with Crippen LogP contribution in [0.5, 0.6) is 0 Å². The van der Waals surface area contributed by atoms with E-state index in [9.17, 15) is 0 Å². The van der Waals surface area contributed by atoms with E-state index < -0.39 is 0 Å². The molecule has 1 fully saturated rings. The van der Waals surface area contributed by atoms with Crippen LogP contribution in [-0.2, 0) is 18.2 Å². The second-order valence-electron chi connectivity index (χ2n) is 12.3. The Bertz CT molecular complexity index is 1340. The number of hydrogen-bond acceptors (Lipinski definition) is 2. The number of hydrogen-bond donors (Lipinski definition) is 0. The van der Waals surface area contributed by atoms with Gasteiger partial charge in [-0.2, -0.15) is 0 Å². The summed E-state index contributed by atoms with van der Waals surface area (Å²) < 4.78 is 0. The quantitative estimate of drug-likeness (QED) is 0.188. The van der Waals surface area contributed by atoms with Crippen molar-refractivity contribution in [1.29, 1.82) is 0 Å². The molecule has 0 saturated carbocycles. The third-order valence-corrected chi connectivity index (χ3v) is 8.00. The third kappa shape index (κ3) is 7.53. The fraction of sp³-hybridized carbons (Fsp3) is 0.368. The summed E-state index contributed by atoms with van der Waals surface area (Å²) in [5.74, 6) is 1.88. The molecule has 0 spiro atoms. The van der Waals surface area contributed by atoms with Crippen molar-refractivity contribution in [3.05, 3.63) is 110 Å². The van der Waals surface area contributed by atoms with E-state index in [0.717, 1.165) is 13.1 Å². The van der Waals surface area contributed by atoms with Crippen LogP contribution in [-0.4, -0.2) is 13.1 Å². The fourth-order valence-corrected chi connectivity index (χ4v) is 5.70. The average Bonchev–Trinajstić information content (AvgIpc) is 3.46. The van der Waals surface area contributed by atoms with E-state index in [2.05, 4.69) is 174 Å². The molecule has 0 N–H and O–H groups in total. The minimum absolute atomic E-state index is 0.440. The van der Waals surface area contributed by atoms with Gasteiger partial charge in [-0.3, -0.25) is 0 Å². The Morgan fingerprint density at radius 1 is 0.619 bits per heavy atom. The number of fused-ring (bicyclic) bond motifs is 2. The van der Waals surface area contributed by atoms with Crippen molar-refractivity contribution in [2.45, 2.75) is 79.1 Å². The molecule has 0 unspecified atom stereocenters. The SMILES string of the molecule is CC(C)c1ccc2ccc(C(C)C)c(N3[C]N(c4c(C(C)C)ccc5ccc(C(C)C)cc45)CC3)c2c1.[CH2][CH][CH2].[Cl][Pd+]. The van der Waals surface area contributed by atoms with Crippen LogP contribution < -0.4 is 9.80 Å². The number of benzene rings is 4. The molecule has 2 nitrogen and oxygen atoms in total. The first-order chi connectivity index (χ1) is 20.1. The summed E-state index contributed by atoms with van der Waals surface area (Å²) in [7, 11) is 4.49. The van der Waals surface area contributed by atoms with Crippen LogP contribution in [0.25, 0.3) is 21.5 Å². The number of halogens is 1. The van der Waals surface area contributed by atoms with Gasteiger partial charge in [0.05, 0.1) is 11.4 Å². The van der Waals surface area contributed by atoms with E-state index in [1.807, 2.05) is 0 Å². The number of nitrogens with zero attached hydrogens (tertiary/aromatic N) is 2. The Hall–Kier alpha value is -2.05. The normalized spacial score (nSPS) is 13.4. The van der Waals surface area contributed by atoms with Gasteiger partial charge in [-0.25, -0.2) is 0 Å². The van der Waals surface area contributed by atoms with Gasteiger partial charge in [-0.1, -0.05) is 104 Å². The first-order valence-electron chi connectivity index (χ1n) is 15.0. The number of anilines is 2. The van der Waals surface area contributed by atoms with Gasteiger partial charge in [0.2, 0.25) is 6.67 Å². The van der Waals surface area contributed by atoms with Crippen molar-refractivity contribution < 1.29 is 18.2 Å². The molecular weight excluding hydrogens is 626 g/mol. The third-order valence-electron chi connectivity index (χ3n) is 8.00. The Labute approximate surface area is 271 Å². The zero-order chi connectivity index (χ0) is 31.1. The molecule has 42 heavy (non-hydrogen) atoms. The zero-order valence-electron chi connectivity index (χ0n) is 26.6. The molecule has 1 heterocycles. The molecule has 5 rings (SSSR count). The molecule has 4 heteroatoms. The average molecular weight is 674 g/mol. The molecule has 0 amide bonds. The van der Waals surface area contributed by atoms with Gasteiger partial charge in [0, 0.05) is 23.9 Å². The molecule has 0 aromatic heterocycles. The summed E-state index contributed by atoms with van der Waals surface area (Å²) in [6.07, 6.45) is 1.50. The maximum absolute atomic E-state index is 4.49. The molecule has 5 radical (unpaired) electrons. The van der Waals surface area contributed by atoms with Gasteiger partial charge in [0.15, 0.2) is 0 Å². The van der Waals surface area contributed by atoms with Crippen LogP contribution in [0.4, 0.5) is 11.4 Å². The predicted octanol–water partition coefficient (Wildman–Crippen LogP) is 11.4. The van der Waals surface area contributed by atoms with E-state index >= 15 is 0 Å². The molecule has 0 atom stereocenters. The van der Waals surface area contributed by atoms with Crippen LogP contribution in [0.3, 0.4) is 0 Å². The predicted molar refractivity (Wildman–Crippen MR) is 183 cm³/mol. The number of rotatable bonds is 6. The molecule has 4 aromatic rings. The fourth-order valence-electron chi connectivity index (χ4n) is 5.70. The molecule has 0 bridgehead atoms. The van der Waals surface area contributed by atoms with Crippen molar-refractivity contribution >= 4 is 42.4 Å². The molecule has 1 aliphatic rings. The van der Waals surface area contributed by atoms with Crippen LogP contribution in [0.2, 0.25) is 0 Å². The molecule has 4 aromatic carbocycles. The topological polar surface area (TPSA) is 6.48 Å². The first kappa shape index (κ1) is 34.4. The summed E-state index contributed by atoms with van der Waals surface area (Å²) in [6, 6.07) is 23.2. The second-order valence-corrected chi connectivity index (χ2v) is 12.3. The van der Waals surface area contributed by atoms with E-state index in [0.29, 0.717) is 23.7 Å². The van der Waals surface area contributed by atoms with Gasteiger partial charge < -0.3 is 9.80 Å². The summed E-state index contributed by atoms with van der Waals surface area (Å²) in [5, 5.41) is 5.30. The van der Waals surface area contributed by atoms with Gasteiger partial charge >= 0.3 is 27.7 Å². The monoisotopic (exact) mass is 672 g/mol. The van der Waals surface area contributed by atoms with Gasteiger partial charge in [-0.05, 0) is 89.1 Å². The van der Waals surface area contributed by atoms with Gasteiger partial charge in [0.25, 0.3) is 0 Å². The standard InChI is InChI=1S/C35H42N2.C3H5.ClH.Pd/c1-22(2)28-11-9-26-13-15-30(24(5)6)34(32(26)19-28)36-17-18-37(21-36)35-31(25(7)8)16-14-27-10-12-29(23(3)4)20-33(27)35;1-3-2;;/h9-16,19-20,22-25H,17-18H2,1-8H3;3H,1-2H2;1H;/q;;;+2/p-1. The molecule has 1 saturated heterocycles. The molecule has 0 aliphatic carbocycles. The Morgan fingerprint density at radius 3 is 1.26 bits per heavy atom. The summed E-state index contributed by atoms with van der Waals surface area (Å²) in [5.41, 5.74) is 8.23. The Morgan fingerprint density at radius 2 is 0.952 bits per heavy atom. The van der Waals surface area contributed by atoms with Gasteiger partial charge in [0.1, 0.15) is 0 Å². The van der Waals surface area contributed by atoms with E-state index in [4.69, 9.17) is 0 Å². The first-order valence-corrected chi connectivity index (χ1v) is 17.0. The van der Waals surface area contributed by atoms with Crippen molar-refractivity contribution in [3.63, 3.8) is 0 Å². The van der Waals surface area contributed by atoms with Gasteiger partial charge in [-0.15, -0.1) is 0 Å². The van der Waals surface area contributed by atoms with E-state index in [-0.39, 0.29) is 0 Å². The minimum atomic E-state index is 0.440. The Kier molecular flexibility index (Phi) is 12.8. The van der Waals surface area contributed by atoms with Crippen molar-refractivity contribution in [2.24, 2.45) is 0 Å². The van der Waals surface area contributed by atoms with E-state index in [1.165, 1.54) is 61.6 Å². The zero-order valence-corrected chi connectivity index (χ0v) is 28.9. The summed E-state index contributed by atoms with van der Waals surface area (Å²) in [4.78, 5) is 4.80. The van der Waals surface area contributed by atoms with Crippen molar-refractivity contribution in [2.75, 3.05) is 22.9 Å². The van der Waals surface area contributed by atoms with E-state index in [1.54, 1.807) is 0 Å². The van der Waals surface area contributed by atoms with Crippen molar-refractivity contribution in [3.8, 4) is 0 Å². The summed E-state index contributed by atoms with van der Waals surface area (Å²) >= 11 is 2.22. The Balaban J connectivity index is 0.000000910. The van der Waals surface area contributed by atoms with Crippen LogP contribution in [0.15, 0.2) is 60.7 Å². The van der Waals surface area contributed by atoms with Crippen LogP contribution >= 0.6 is 9.53 Å². The molecular formula is C38H47ClN2Pd+. The summed E-state index contributed by atoms with van der Waals surface area (Å²) in [6.45, 7) is 30.6. The van der Waals surface area contributed by atoms with Crippen LogP contribution in [0, 0.1) is 26.9 Å². The van der Waals surface area contributed by atoms with Crippen LogP contribution in [0.1, 0.15) is 101 Å².